The molecule has 0 aliphatic carbocycles. The molecule has 1 unspecified atom stereocenters. The van der Waals surface area contributed by atoms with Crippen LogP contribution < -0.4 is 25.6 Å². The first-order chi connectivity index (χ1) is 18.0. The van der Waals surface area contributed by atoms with Gasteiger partial charge in [0.2, 0.25) is 0 Å². The number of benzene rings is 5. The summed E-state index contributed by atoms with van der Waals surface area (Å²) >= 11 is 6.60. The molecule has 1 atom stereocenters. The van der Waals surface area contributed by atoms with E-state index in [1.165, 1.54) is 27.8 Å². The number of nitrogens with zero attached hydrogens (tertiary/aromatic N) is 1. The fourth-order valence-corrected chi connectivity index (χ4v) is 10.0. The van der Waals surface area contributed by atoms with Gasteiger partial charge in [-0.2, -0.15) is 0 Å². The van der Waals surface area contributed by atoms with Gasteiger partial charge >= 0.3 is 0 Å². The van der Waals surface area contributed by atoms with E-state index in [-0.39, 0.29) is 5.41 Å². The van der Waals surface area contributed by atoms with Crippen molar-refractivity contribution in [1.29, 1.82) is 0 Å². The van der Waals surface area contributed by atoms with Crippen LogP contribution in [-0.4, -0.2) is 0 Å². The summed E-state index contributed by atoms with van der Waals surface area (Å²) in [4.78, 5) is 2.37. The number of rotatable bonds is 2. The summed E-state index contributed by atoms with van der Waals surface area (Å²) in [5, 5.41) is 3.41. The molecular weight excluding hydrogens is 489 g/mol. The van der Waals surface area contributed by atoms with Crippen molar-refractivity contribution < 1.29 is 4.74 Å². The van der Waals surface area contributed by atoms with Crippen LogP contribution >= 0.6 is 6.04 Å². The first kappa shape index (κ1) is 22.5. The molecule has 5 aromatic carbocycles. The average molecular weight is 516 g/mol. The first-order valence-electron chi connectivity index (χ1n) is 12.6. The minimum Gasteiger partial charge on any atom is -0.456 e. The van der Waals surface area contributed by atoms with Crippen LogP contribution in [0.5, 0.6) is 11.5 Å². The largest absolute Gasteiger partial charge is 0.456 e. The van der Waals surface area contributed by atoms with E-state index in [0.29, 0.717) is 0 Å². The molecule has 2 nitrogen and oxygen atoms in total. The maximum absolute atomic E-state index is 6.60. The number of hydrogen-bond acceptors (Lipinski definition) is 3. The molecule has 0 aromatic heterocycles. The van der Waals surface area contributed by atoms with Gasteiger partial charge in [-0.1, -0.05) is 105 Å². The Morgan fingerprint density at radius 3 is 1.89 bits per heavy atom. The van der Waals surface area contributed by atoms with Crippen LogP contribution in [0, 0.1) is 0 Å². The van der Waals surface area contributed by atoms with Crippen LogP contribution in [-0.2, 0) is 17.2 Å². The molecule has 0 bridgehead atoms. The average Bonchev–Trinajstić information content (AvgIpc) is 2.94. The fourth-order valence-electron chi connectivity index (χ4n) is 5.90. The zero-order chi connectivity index (χ0) is 25.2. The molecule has 0 N–H and O–H groups in total. The van der Waals surface area contributed by atoms with Crippen molar-refractivity contribution in [2.75, 3.05) is 4.90 Å². The van der Waals surface area contributed by atoms with Gasteiger partial charge in [0.05, 0.1) is 11.4 Å². The summed E-state index contributed by atoms with van der Waals surface area (Å²) in [6, 6.07) is 40.6. The number of fused-ring (bicyclic) bond motifs is 4. The minimum absolute atomic E-state index is 0.0953. The van der Waals surface area contributed by atoms with E-state index in [1.807, 2.05) is 18.2 Å². The Bertz CT molecular complexity index is 1680. The van der Waals surface area contributed by atoms with E-state index in [9.17, 15) is 0 Å². The summed E-state index contributed by atoms with van der Waals surface area (Å²) in [6.45, 7) is 4.62. The van der Waals surface area contributed by atoms with Gasteiger partial charge < -0.3 is 9.64 Å². The van der Waals surface area contributed by atoms with E-state index in [1.54, 1.807) is 0 Å². The van der Waals surface area contributed by atoms with Crippen molar-refractivity contribution in [1.82, 2.24) is 0 Å². The van der Waals surface area contributed by atoms with Crippen molar-refractivity contribution in [2.45, 2.75) is 19.3 Å². The van der Waals surface area contributed by atoms with Crippen LogP contribution in [0.25, 0.3) is 0 Å². The number of ether oxygens (including phenoxy) is 1. The Morgan fingerprint density at radius 1 is 0.622 bits per heavy atom. The van der Waals surface area contributed by atoms with E-state index >= 15 is 0 Å². The fraction of sp³-hybridized carbons (Fsp3) is 0.0909. The smallest absolute Gasteiger partial charge is 0.138 e. The molecule has 180 valence electrons. The van der Waals surface area contributed by atoms with Gasteiger partial charge in [0, 0.05) is 33.8 Å². The zero-order valence-electron chi connectivity index (χ0n) is 20.8. The number of anilines is 3. The minimum atomic E-state index is -2.27. The standard InChI is InChI=1S/C33H26NOPS/c1-33(2)25-14-6-8-16-27(25)34(28-17-9-7-15-26(28)33)23-20-21-32-30(22-23)35-29-18-10-11-19-31(29)36(32,37)24-12-4-3-5-13-24/h3-22H,1-2H3. The normalized spacial score (nSPS) is 18.6. The Morgan fingerprint density at radius 2 is 1.19 bits per heavy atom. The third-order valence-electron chi connectivity index (χ3n) is 7.72. The highest BCUT2D eigenvalue weighted by atomic mass is 32.4. The van der Waals surface area contributed by atoms with Gasteiger partial charge in [0.25, 0.3) is 0 Å². The molecule has 0 saturated heterocycles. The van der Waals surface area contributed by atoms with Gasteiger partial charge in [-0.25, -0.2) is 0 Å². The van der Waals surface area contributed by atoms with Crippen molar-refractivity contribution in [3.05, 3.63) is 132 Å². The number of para-hydroxylation sites is 3. The number of hydrogen-bond donors (Lipinski definition) is 0. The van der Waals surface area contributed by atoms with E-state index in [2.05, 4.69) is 122 Å². The Labute approximate surface area is 223 Å². The topological polar surface area (TPSA) is 12.5 Å². The second-order valence-corrected chi connectivity index (χ2v) is 14.5. The van der Waals surface area contributed by atoms with Gasteiger partial charge in [-0.05, 0) is 52.8 Å². The van der Waals surface area contributed by atoms with Crippen molar-refractivity contribution in [3.63, 3.8) is 0 Å². The van der Waals surface area contributed by atoms with Crippen molar-refractivity contribution in [3.8, 4) is 11.5 Å². The quantitative estimate of drug-likeness (QED) is 0.220. The van der Waals surface area contributed by atoms with Gasteiger partial charge in [0.15, 0.2) is 0 Å². The summed E-state index contributed by atoms with van der Waals surface area (Å²) in [5.41, 5.74) is 6.00. The Hall–Kier alpha value is -3.65. The van der Waals surface area contributed by atoms with Crippen LogP contribution in [0.1, 0.15) is 25.0 Å². The third-order valence-corrected chi connectivity index (χ3v) is 12.7. The summed E-state index contributed by atoms with van der Waals surface area (Å²) < 4.78 is 6.58. The summed E-state index contributed by atoms with van der Waals surface area (Å²) in [7, 11) is 0. The predicted molar refractivity (Wildman–Crippen MR) is 159 cm³/mol. The molecule has 0 fully saturated rings. The molecule has 0 spiro atoms. The van der Waals surface area contributed by atoms with E-state index < -0.39 is 6.04 Å². The molecule has 2 heterocycles. The molecule has 0 radical (unpaired) electrons. The van der Waals surface area contributed by atoms with Crippen LogP contribution in [0.2, 0.25) is 0 Å². The summed E-state index contributed by atoms with van der Waals surface area (Å²) in [5.74, 6) is 1.71. The monoisotopic (exact) mass is 515 g/mol. The second-order valence-electron chi connectivity index (χ2n) is 10.2. The molecular formula is C33H26NOPS. The molecule has 2 aliphatic rings. The van der Waals surface area contributed by atoms with Crippen LogP contribution in [0.15, 0.2) is 121 Å². The molecule has 7 rings (SSSR count). The van der Waals surface area contributed by atoms with E-state index in [0.717, 1.165) is 27.8 Å². The van der Waals surface area contributed by atoms with Crippen LogP contribution in [0.3, 0.4) is 0 Å². The lowest BCUT2D eigenvalue weighted by Gasteiger charge is -2.42. The molecule has 0 saturated carbocycles. The highest BCUT2D eigenvalue weighted by Crippen LogP contribution is 2.55. The molecule has 4 heteroatoms. The van der Waals surface area contributed by atoms with Crippen LogP contribution in [0.4, 0.5) is 17.1 Å². The van der Waals surface area contributed by atoms with Gasteiger partial charge in [-0.3, -0.25) is 0 Å². The highest BCUT2D eigenvalue weighted by Gasteiger charge is 2.38. The zero-order valence-corrected chi connectivity index (χ0v) is 22.5. The summed E-state index contributed by atoms with van der Waals surface area (Å²) in [6.07, 6.45) is 0. The lowest BCUT2D eigenvalue weighted by Crippen LogP contribution is -2.32. The van der Waals surface area contributed by atoms with Gasteiger partial charge in [0.1, 0.15) is 11.5 Å². The molecule has 37 heavy (non-hydrogen) atoms. The van der Waals surface area contributed by atoms with E-state index in [4.69, 9.17) is 16.5 Å². The molecule has 2 aliphatic heterocycles. The first-order valence-corrected chi connectivity index (χ1v) is 15.4. The Balaban J connectivity index is 1.46. The second kappa shape index (κ2) is 8.18. The lowest BCUT2D eigenvalue weighted by molar-refractivity contribution is 0.488. The molecule has 5 aromatic rings. The lowest BCUT2D eigenvalue weighted by atomic mass is 9.73. The predicted octanol–water partition coefficient (Wildman–Crippen LogP) is 7.66. The SMILES string of the molecule is CC1(C)c2ccccc2N(c2ccc3c(c2)Oc2ccccc2P3(=S)c2ccccc2)c2ccccc21. The molecule has 0 amide bonds. The van der Waals surface area contributed by atoms with Crippen molar-refractivity contribution >= 4 is 50.8 Å². The maximum Gasteiger partial charge on any atom is 0.138 e. The van der Waals surface area contributed by atoms with Gasteiger partial charge in [-0.15, -0.1) is 0 Å². The van der Waals surface area contributed by atoms with Crippen molar-refractivity contribution in [2.24, 2.45) is 0 Å². The maximum atomic E-state index is 6.60. The Kier molecular flexibility index (Phi) is 4.98. The highest BCUT2D eigenvalue weighted by molar-refractivity contribution is 8.25. The third kappa shape index (κ3) is 3.21.